The van der Waals surface area contributed by atoms with Crippen molar-refractivity contribution >= 4 is 40.9 Å². The number of thioether (sulfide) groups is 1. The van der Waals surface area contributed by atoms with Crippen LogP contribution in [0, 0.1) is 0 Å². The Kier molecular flexibility index (Phi) is 5.32. The van der Waals surface area contributed by atoms with Crippen molar-refractivity contribution in [2.24, 2.45) is 0 Å². The van der Waals surface area contributed by atoms with Gasteiger partial charge in [0, 0.05) is 17.0 Å². The molecule has 1 atom stereocenters. The molecule has 6 nitrogen and oxygen atoms in total. The Morgan fingerprint density at radius 1 is 1.18 bits per heavy atom. The summed E-state index contributed by atoms with van der Waals surface area (Å²) in [4.78, 5) is 35.6. The molecule has 28 heavy (non-hydrogen) atoms. The Labute approximate surface area is 161 Å². The van der Waals surface area contributed by atoms with Crippen molar-refractivity contribution in [2.45, 2.75) is 22.7 Å². The first-order valence-corrected chi connectivity index (χ1v) is 8.81. The number of halogens is 3. The fraction of sp³-hybridized carbons (Fsp3) is 0.167. The molecule has 0 spiro atoms. The normalized spacial score (nSPS) is 16.1. The molecule has 0 bridgehead atoms. The molecular weight excluding hydrogens is 397 g/mol. The summed E-state index contributed by atoms with van der Waals surface area (Å²) in [6.45, 7) is 0. The number of aromatic carboxylic acids is 1. The lowest BCUT2D eigenvalue weighted by atomic mass is 10.1. The van der Waals surface area contributed by atoms with Gasteiger partial charge in [-0.05, 0) is 35.9 Å². The number of carbonyl (C=O) groups is 3. The molecule has 146 valence electrons. The third-order valence-electron chi connectivity index (χ3n) is 3.88. The van der Waals surface area contributed by atoms with Crippen LogP contribution in [0.5, 0.6) is 0 Å². The maximum Gasteiger partial charge on any atom is 0.416 e. The third kappa shape index (κ3) is 4.45. The molecule has 1 aliphatic rings. The van der Waals surface area contributed by atoms with Gasteiger partial charge < -0.3 is 20.5 Å². The predicted molar refractivity (Wildman–Crippen MR) is 93.7 cm³/mol. The summed E-state index contributed by atoms with van der Waals surface area (Å²) in [5, 5.41) is 14.9. The van der Waals surface area contributed by atoms with Crippen LogP contribution in [0.2, 0.25) is 0 Å². The molecule has 2 aromatic rings. The fourth-order valence-electron chi connectivity index (χ4n) is 2.57. The Morgan fingerprint density at radius 3 is 2.61 bits per heavy atom. The average Bonchev–Trinajstić information content (AvgIpc) is 2.61. The van der Waals surface area contributed by atoms with Crippen LogP contribution in [0.25, 0.3) is 0 Å². The lowest BCUT2D eigenvalue weighted by Gasteiger charge is -2.24. The Balaban J connectivity index is 1.69. The quantitative estimate of drug-likeness (QED) is 0.809. The van der Waals surface area contributed by atoms with Crippen LogP contribution in [-0.2, 0) is 15.8 Å². The molecular formula is C18H12F3N2O4S-. The third-order valence-corrected chi connectivity index (χ3v) is 5.15. The zero-order valence-electron chi connectivity index (χ0n) is 14.0. The summed E-state index contributed by atoms with van der Waals surface area (Å²) in [6, 6.07) is 8.44. The van der Waals surface area contributed by atoms with Crippen LogP contribution < -0.4 is 15.7 Å². The largest absolute Gasteiger partial charge is 0.545 e. The van der Waals surface area contributed by atoms with E-state index in [1.807, 2.05) is 0 Å². The molecule has 0 saturated heterocycles. The van der Waals surface area contributed by atoms with Crippen LogP contribution in [0.1, 0.15) is 22.3 Å². The summed E-state index contributed by atoms with van der Waals surface area (Å²) in [7, 11) is 0. The van der Waals surface area contributed by atoms with Crippen LogP contribution in [0.4, 0.5) is 24.5 Å². The second kappa shape index (κ2) is 7.55. The van der Waals surface area contributed by atoms with Crippen LogP contribution in [0.15, 0.2) is 47.4 Å². The number of hydrogen-bond acceptors (Lipinski definition) is 5. The number of amides is 2. The number of fused-ring (bicyclic) bond motifs is 1. The van der Waals surface area contributed by atoms with E-state index in [0.717, 1.165) is 23.9 Å². The molecule has 3 rings (SSSR count). The fourth-order valence-corrected chi connectivity index (χ4v) is 3.66. The summed E-state index contributed by atoms with van der Waals surface area (Å²) < 4.78 is 38.3. The molecule has 2 amide bonds. The molecule has 0 aromatic heterocycles. The van der Waals surface area contributed by atoms with Gasteiger partial charge in [-0.3, -0.25) is 9.59 Å². The second-order valence-electron chi connectivity index (χ2n) is 5.93. The highest BCUT2D eigenvalue weighted by molar-refractivity contribution is 8.01. The van der Waals surface area contributed by atoms with Crippen LogP contribution in [-0.4, -0.2) is 23.0 Å². The predicted octanol–water partition coefficient (Wildman–Crippen LogP) is 2.51. The maximum absolute atomic E-state index is 12.8. The Bertz CT molecular complexity index is 962. The van der Waals surface area contributed by atoms with Crippen LogP contribution >= 0.6 is 11.8 Å². The molecule has 0 unspecified atom stereocenters. The Hall–Kier alpha value is -3.01. The van der Waals surface area contributed by atoms with Gasteiger partial charge in [-0.25, -0.2) is 0 Å². The van der Waals surface area contributed by atoms with Crippen molar-refractivity contribution in [2.75, 3.05) is 10.6 Å². The van der Waals surface area contributed by atoms with Gasteiger partial charge in [-0.2, -0.15) is 13.2 Å². The van der Waals surface area contributed by atoms with E-state index in [1.165, 1.54) is 30.3 Å². The second-order valence-corrected chi connectivity index (χ2v) is 7.17. The monoisotopic (exact) mass is 409 g/mol. The number of rotatable bonds is 4. The number of anilines is 2. The minimum atomic E-state index is -4.53. The number of benzene rings is 2. The van der Waals surface area contributed by atoms with E-state index in [-0.39, 0.29) is 23.4 Å². The lowest BCUT2D eigenvalue weighted by molar-refractivity contribution is -0.255. The first-order chi connectivity index (χ1) is 13.1. The first kappa shape index (κ1) is 19.7. The van der Waals surface area contributed by atoms with E-state index in [1.54, 1.807) is 0 Å². The molecule has 1 heterocycles. The van der Waals surface area contributed by atoms with Gasteiger partial charge in [0.25, 0.3) is 0 Å². The minimum absolute atomic E-state index is 0.0446. The topological polar surface area (TPSA) is 98.3 Å². The van der Waals surface area contributed by atoms with Crippen molar-refractivity contribution in [1.29, 1.82) is 0 Å². The number of hydrogen-bond donors (Lipinski definition) is 2. The van der Waals surface area contributed by atoms with Crippen molar-refractivity contribution in [3.63, 3.8) is 0 Å². The standard InChI is InChI=1S/C18H13F3N2O4S/c19-18(20,21)10-4-5-13-12(7-10)23-16(25)14(28-13)8-15(24)22-11-3-1-2-9(6-11)17(26)27/h1-7,14H,8H2,(H,22,24)(H,23,25)(H,26,27)/p-1/t14-/m0/s1. The van der Waals surface area contributed by atoms with Crippen molar-refractivity contribution in [3.05, 3.63) is 53.6 Å². The zero-order valence-corrected chi connectivity index (χ0v) is 14.8. The summed E-state index contributed by atoms with van der Waals surface area (Å²) in [5.41, 5.74) is -0.723. The summed E-state index contributed by atoms with van der Waals surface area (Å²) in [5.74, 6) is -2.53. The SMILES string of the molecule is O=C(C[C@@H]1Sc2ccc(C(F)(F)F)cc2NC1=O)Nc1cccc(C(=O)[O-])c1. The zero-order chi connectivity index (χ0) is 20.5. The van der Waals surface area contributed by atoms with Gasteiger partial charge in [0.15, 0.2) is 0 Å². The van der Waals surface area contributed by atoms with Crippen molar-refractivity contribution in [3.8, 4) is 0 Å². The van der Waals surface area contributed by atoms with Crippen molar-refractivity contribution < 1.29 is 32.7 Å². The van der Waals surface area contributed by atoms with Gasteiger partial charge in [0.05, 0.1) is 22.5 Å². The molecule has 10 heteroatoms. The molecule has 2 N–H and O–H groups in total. The smallest absolute Gasteiger partial charge is 0.416 e. The van der Waals surface area contributed by atoms with E-state index in [2.05, 4.69) is 10.6 Å². The average molecular weight is 409 g/mol. The van der Waals surface area contributed by atoms with Gasteiger partial charge in [-0.15, -0.1) is 11.8 Å². The van der Waals surface area contributed by atoms with Gasteiger partial charge in [-0.1, -0.05) is 12.1 Å². The highest BCUT2D eigenvalue weighted by atomic mass is 32.2. The van der Waals surface area contributed by atoms with E-state index in [0.29, 0.717) is 4.90 Å². The van der Waals surface area contributed by atoms with Gasteiger partial charge >= 0.3 is 6.18 Å². The summed E-state index contributed by atoms with van der Waals surface area (Å²) in [6.07, 6.45) is -4.77. The molecule has 1 aliphatic heterocycles. The van der Waals surface area contributed by atoms with Gasteiger partial charge in [0.1, 0.15) is 0 Å². The lowest BCUT2D eigenvalue weighted by Crippen LogP contribution is -2.32. The number of alkyl halides is 3. The van der Waals surface area contributed by atoms with E-state index in [9.17, 15) is 32.7 Å². The highest BCUT2D eigenvalue weighted by Crippen LogP contribution is 2.40. The first-order valence-electron chi connectivity index (χ1n) is 7.93. The van der Waals surface area contributed by atoms with Crippen molar-refractivity contribution in [1.82, 2.24) is 0 Å². The Morgan fingerprint density at radius 2 is 1.93 bits per heavy atom. The van der Waals surface area contributed by atoms with E-state index in [4.69, 9.17) is 0 Å². The molecule has 0 fully saturated rings. The van der Waals surface area contributed by atoms with Gasteiger partial charge in [0.2, 0.25) is 11.8 Å². The summed E-state index contributed by atoms with van der Waals surface area (Å²) >= 11 is 0.987. The van der Waals surface area contributed by atoms with E-state index >= 15 is 0 Å². The molecule has 0 saturated carbocycles. The maximum atomic E-state index is 12.8. The number of carboxylic acid groups (broad SMARTS) is 1. The number of carbonyl (C=O) groups excluding carboxylic acids is 3. The molecule has 2 aromatic carbocycles. The highest BCUT2D eigenvalue weighted by Gasteiger charge is 2.34. The molecule has 0 aliphatic carbocycles. The number of carboxylic acids is 1. The van der Waals surface area contributed by atoms with Crippen LogP contribution in [0.3, 0.4) is 0 Å². The minimum Gasteiger partial charge on any atom is -0.545 e. The number of nitrogens with one attached hydrogen (secondary N) is 2. The van der Waals surface area contributed by atoms with E-state index < -0.39 is 34.8 Å². The molecule has 0 radical (unpaired) electrons.